The average molecular weight is 242 g/mol. The molecule has 0 radical (unpaired) electrons. The van der Waals surface area contributed by atoms with E-state index in [1.807, 2.05) is 21.0 Å². The van der Waals surface area contributed by atoms with Gasteiger partial charge in [-0.3, -0.25) is 0 Å². The van der Waals surface area contributed by atoms with E-state index in [4.69, 9.17) is 0 Å². The first-order chi connectivity index (χ1) is 8.00. The smallest absolute Gasteiger partial charge is 0.130 e. The van der Waals surface area contributed by atoms with E-state index in [9.17, 15) is 8.78 Å². The molecule has 0 aliphatic rings. The van der Waals surface area contributed by atoms with Crippen LogP contribution in [0.5, 0.6) is 0 Å². The lowest BCUT2D eigenvalue weighted by Crippen LogP contribution is -2.24. The Morgan fingerprint density at radius 1 is 1.29 bits per heavy atom. The van der Waals surface area contributed by atoms with Gasteiger partial charge in [0, 0.05) is 17.7 Å². The minimum atomic E-state index is -0.536. The van der Waals surface area contributed by atoms with Crippen molar-refractivity contribution in [3.05, 3.63) is 35.4 Å². The molecule has 1 unspecified atom stereocenters. The van der Waals surface area contributed by atoms with Gasteiger partial charge in [-0.05, 0) is 46.6 Å². The van der Waals surface area contributed by atoms with Crippen LogP contribution in [-0.2, 0) is 0 Å². The Morgan fingerprint density at radius 3 is 2.59 bits per heavy atom. The molecule has 17 heavy (non-hydrogen) atoms. The Bertz CT molecular complexity index is 353. The molecule has 1 aromatic rings. The fourth-order valence-electron chi connectivity index (χ4n) is 1.68. The predicted octanol–water partition coefficient (Wildman–Crippen LogP) is 2.57. The second kappa shape index (κ2) is 6.67. The van der Waals surface area contributed by atoms with Crippen molar-refractivity contribution < 1.29 is 8.78 Å². The van der Waals surface area contributed by atoms with Gasteiger partial charge in [-0.1, -0.05) is 6.07 Å². The van der Waals surface area contributed by atoms with E-state index < -0.39 is 11.6 Å². The fourth-order valence-corrected chi connectivity index (χ4v) is 1.68. The van der Waals surface area contributed by atoms with Crippen LogP contribution in [0.1, 0.15) is 24.9 Å². The SMILES string of the molecule is CC(NCCCN(C)C)c1ccc(F)cc1F. The van der Waals surface area contributed by atoms with Crippen molar-refractivity contribution >= 4 is 0 Å². The largest absolute Gasteiger partial charge is 0.310 e. The molecule has 0 fully saturated rings. The summed E-state index contributed by atoms with van der Waals surface area (Å²) in [4.78, 5) is 2.10. The molecular formula is C13H20F2N2. The van der Waals surface area contributed by atoms with E-state index in [0.717, 1.165) is 25.6 Å². The molecule has 0 aliphatic heterocycles. The van der Waals surface area contributed by atoms with Gasteiger partial charge in [0.15, 0.2) is 0 Å². The van der Waals surface area contributed by atoms with Gasteiger partial charge in [0.1, 0.15) is 11.6 Å². The maximum Gasteiger partial charge on any atom is 0.130 e. The zero-order chi connectivity index (χ0) is 12.8. The van der Waals surface area contributed by atoms with Crippen molar-refractivity contribution in [1.82, 2.24) is 10.2 Å². The van der Waals surface area contributed by atoms with Gasteiger partial charge in [-0.15, -0.1) is 0 Å². The Balaban J connectivity index is 2.44. The highest BCUT2D eigenvalue weighted by Crippen LogP contribution is 2.17. The van der Waals surface area contributed by atoms with Gasteiger partial charge < -0.3 is 10.2 Å². The topological polar surface area (TPSA) is 15.3 Å². The van der Waals surface area contributed by atoms with Gasteiger partial charge >= 0.3 is 0 Å². The molecule has 0 aromatic heterocycles. The number of rotatable bonds is 6. The summed E-state index contributed by atoms with van der Waals surface area (Å²) in [5.74, 6) is -1.02. The fraction of sp³-hybridized carbons (Fsp3) is 0.538. The predicted molar refractivity (Wildman–Crippen MR) is 65.9 cm³/mol. The molecule has 96 valence electrons. The minimum Gasteiger partial charge on any atom is -0.310 e. The van der Waals surface area contributed by atoms with Crippen LogP contribution in [0, 0.1) is 11.6 Å². The van der Waals surface area contributed by atoms with Gasteiger partial charge in [0.05, 0.1) is 0 Å². The molecule has 0 aliphatic carbocycles. The van der Waals surface area contributed by atoms with Gasteiger partial charge in [-0.25, -0.2) is 8.78 Å². The lowest BCUT2D eigenvalue weighted by Gasteiger charge is -2.16. The second-order valence-electron chi connectivity index (χ2n) is 4.50. The lowest BCUT2D eigenvalue weighted by molar-refractivity contribution is 0.388. The molecule has 0 saturated carbocycles. The summed E-state index contributed by atoms with van der Waals surface area (Å²) < 4.78 is 26.2. The molecule has 0 bridgehead atoms. The highest BCUT2D eigenvalue weighted by atomic mass is 19.1. The van der Waals surface area contributed by atoms with Gasteiger partial charge in [0.2, 0.25) is 0 Å². The molecule has 0 spiro atoms. The summed E-state index contributed by atoms with van der Waals surface area (Å²) in [6, 6.07) is 3.61. The molecule has 0 amide bonds. The van der Waals surface area contributed by atoms with Crippen LogP contribution in [-0.4, -0.2) is 32.1 Å². The number of hydrogen-bond donors (Lipinski definition) is 1. The zero-order valence-corrected chi connectivity index (χ0v) is 10.6. The normalized spacial score (nSPS) is 13.1. The monoisotopic (exact) mass is 242 g/mol. The summed E-state index contributed by atoms with van der Waals surface area (Å²) in [5, 5.41) is 3.23. The number of benzene rings is 1. The third-order valence-corrected chi connectivity index (χ3v) is 2.66. The third kappa shape index (κ3) is 4.79. The number of nitrogens with zero attached hydrogens (tertiary/aromatic N) is 1. The van der Waals surface area contributed by atoms with Crippen LogP contribution < -0.4 is 5.32 Å². The molecule has 0 heterocycles. The van der Waals surface area contributed by atoms with E-state index in [0.29, 0.717) is 5.56 Å². The maximum atomic E-state index is 13.5. The first-order valence-corrected chi connectivity index (χ1v) is 5.83. The van der Waals surface area contributed by atoms with Crippen molar-refractivity contribution in [1.29, 1.82) is 0 Å². The maximum absolute atomic E-state index is 13.5. The molecular weight excluding hydrogens is 222 g/mol. The molecule has 1 rings (SSSR count). The summed E-state index contributed by atoms with van der Waals surface area (Å²) in [6.07, 6.45) is 1.00. The average Bonchev–Trinajstić information content (AvgIpc) is 2.23. The lowest BCUT2D eigenvalue weighted by atomic mass is 10.1. The highest BCUT2D eigenvalue weighted by molar-refractivity contribution is 5.21. The van der Waals surface area contributed by atoms with Crippen LogP contribution in [0.15, 0.2) is 18.2 Å². The van der Waals surface area contributed by atoms with Crippen molar-refractivity contribution in [2.24, 2.45) is 0 Å². The van der Waals surface area contributed by atoms with Crippen LogP contribution in [0.3, 0.4) is 0 Å². The van der Waals surface area contributed by atoms with Crippen molar-refractivity contribution in [3.8, 4) is 0 Å². The van der Waals surface area contributed by atoms with Crippen molar-refractivity contribution in [2.45, 2.75) is 19.4 Å². The Hall–Kier alpha value is -1.00. The summed E-state index contributed by atoms with van der Waals surface area (Å²) in [6.45, 7) is 3.69. The summed E-state index contributed by atoms with van der Waals surface area (Å²) >= 11 is 0. The molecule has 4 heteroatoms. The Kier molecular flexibility index (Phi) is 5.51. The second-order valence-corrected chi connectivity index (χ2v) is 4.50. The van der Waals surface area contributed by atoms with Crippen LogP contribution in [0.25, 0.3) is 0 Å². The van der Waals surface area contributed by atoms with Crippen molar-refractivity contribution in [2.75, 3.05) is 27.2 Å². The molecule has 2 nitrogen and oxygen atoms in total. The quantitative estimate of drug-likeness (QED) is 0.771. The number of hydrogen-bond acceptors (Lipinski definition) is 2. The molecule has 0 saturated heterocycles. The van der Waals surface area contributed by atoms with E-state index >= 15 is 0 Å². The van der Waals surface area contributed by atoms with E-state index in [-0.39, 0.29) is 6.04 Å². The van der Waals surface area contributed by atoms with E-state index in [1.165, 1.54) is 12.1 Å². The minimum absolute atomic E-state index is 0.0993. The first kappa shape index (κ1) is 14.1. The van der Waals surface area contributed by atoms with Crippen molar-refractivity contribution in [3.63, 3.8) is 0 Å². The third-order valence-electron chi connectivity index (χ3n) is 2.66. The number of halogens is 2. The summed E-state index contributed by atoms with van der Waals surface area (Å²) in [5.41, 5.74) is 0.510. The highest BCUT2D eigenvalue weighted by Gasteiger charge is 2.10. The van der Waals surface area contributed by atoms with Gasteiger partial charge in [-0.2, -0.15) is 0 Å². The van der Waals surface area contributed by atoms with Crippen LogP contribution >= 0.6 is 0 Å². The standard InChI is InChI=1S/C13H20F2N2/c1-10(16-7-4-8-17(2)3)12-6-5-11(14)9-13(12)15/h5-6,9-10,16H,4,7-8H2,1-3H3. The Morgan fingerprint density at radius 2 is 2.00 bits per heavy atom. The molecule has 1 N–H and O–H groups in total. The Labute approximate surface area is 102 Å². The number of nitrogens with one attached hydrogen (secondary N) is 1. The first-order valence-electron chi connectivity index (χ1n) is 5.83. The molecule has 1 atom stereocenters. The van der Waals surface area contributed by atoms with Crippen LogP contribution in [0.2, 0.25) is 0 Å². The summed E-state index contributed by atoms with van der Waals surface area (Å²) in [7, 11) is 4.03. The molecule has 1 aromatic carbocycles. The van der Waals surface area contributed by atoms with E-state index in [2.05, 4.69) is 10.2 Å². The zero-order valence-electron chi connectivity index (χ0n) is 10.6. The van der Waals surface area contributed by atoms with Crippen LogP contribution in [0.4, 0.5) is 8.78 Å². The van der Waals surface area contributed by atoms with E-state index in [1.54, 1.807) is 0 Å². The van der Waals surface area contributed by atoms with Gasteiger partial charge in [0.25, 0.3) is 0 Å².